The Morgan fingerprint density at radius 3 is 2.30 bits per heavy atom. The molecule has 0 saturated carbocycles. The quantitative estimate of drug-likeness (QED) is 0.390. The van der Waals surface area contributed by atoms with E-state index in [1.165, 1.54) is 0 Å². The fourth-order valence-electron chi connectivity index (χ4n) is 1.66. The van der Waals surface area contributed by atoms with E-state index >= 15 is 0 Å². The van der Waals surface area contributed by atoms with Crippen molar-refractivity contribution in [1.82, 2.24) is 15.0 Å². The lowest BCUT2D eigenvalue weighted by Crippen LogP contribution is -2.41. The number of hydrogen-bond acceptors (Lipinski definition) is 8. The molecule has 0 unspecified atom stereocenters. The Kier molecular flexibility index (Phi) is 6.40. The average molecular weight is 284 g/mol. The van der Waals surface area contributed by atoms with E-state index in [1.807, 2.05) is 20.8 Å². The van der Waals surface area contributed by atoms with Gasteiger partial charge < -0.3 is 15.2 Å². The number of anilines is 2. The van der Waals surface area contributed by atoms with Gasteiger partial charge in [-0.15, -0.1) is 0 Å². The summed E-state index contributed by atoms with van der Waals surface area (Å²) >= 11 is 0. The number of aliphatic hydroxyl groups excluding tert-OH is 1. The normalized spacial score (nSPS) is 11.2. The molecule has 0 aliphatic heterocycles. The SMILES string of the molecule is CCCOc1nc(NN)nc(NC(CC)(CC)CO)n1. The Morgan fingerprint density at radius 2 is 1.80 bits per heavy atom. The molecule has 0 radical (unpaired) electrons. The second-order valence-electron chi connectivity index (χ2n) is 4.53. The number of nitrogen functional groups attached to an aromatic ring is 1. The summed E-state index contributed by atoms with van der Waals surface area (Å²) in [5.41, 5.74) is 1.92. The zero-order chi connectivity index (χ0) is 15.0. The third kappa shape index (κ3) is 4.17. The van der Waals surface area contributed by atoms with Crippen molar-refractivity contribution in [3.8, 4) is 6.01 Å². The first-order valence-electron chi connectivity index (χ1n) is 6.87. The molecule has 1 aromatic rings. The van der Waals surface area contributed by atoms with Crippen LogP contribution in [0.1, 0.15) is 40.0 Å². The molecule has 20 heavy (non-hydrogen) atoms. The maximum atomic E-state index is 9.57. The van der Waals surface area contributed by atoms with Crippen LogP contribution in [0, 0.1) is 0 Å². The first-order chi connectivity index (χ1) is 9.62. The summed E-state index contributed by atoms with van der Waals surface area (Å²) in [5.74, 6) is 5.89. The van der Waals surface area contributed by atoms with E-state index in [1.54, 1.807) is 0 Å². The minimum Gasteiger partial charge on any atom is -0.463 e. The molecular formula is C12H24N6O2. The van der Waals surface area contributed by atoms with Crippen molar-refractivity contribution in [2.24, 2.45) is 5.84 Å². The maximum Gasteiger partial charge on any atom is 0.323 e. The molecule has 114 valence electrons. The molecule has 1 aromatic heterocycles. The predicted molar refractivity (Wildman–Crippen MR) is 77.4 cm³/mol. The number of hydrazine groups is 1. The van der Waals surface area contributed by atoms with Crippen LogP contribution in [0.4, 0.5) is 11.9 Å². The number of hydrogen-bond donors (Lipinski definition) is 4. The van der Waals surface area contributed by atoms with Crippen molar-refractivity contribution < 1.29 is 9.84 Å². The molecule has 0 fully saturated rings. The van der Waals surface area contributed by atoms with E-state index in [0.29, 0.717) is 12.6 Å². The summed E-state index contributed by atoms with van der Waals surface area (Å²) in [4.78, 5) is 12.3. The van der Waals surface area contributed by atoms with Gasteiger partial charge in [0.1, 0.15) is 0 Å². The van der Waals surface area contributed by atoms with Gasteiger partial charge in [0.2, 0.25) is 11.9 Å². The second-order valence-corrected chi connectivity index (χ2v) is 4.53. The average Bonchev–Trinajstić information content (AvgIpc) is 2.50. The fraction of sp³-hybridized carbons (Fsp3) is 0.750. The molecular weight excluding hydrogens is 260 g/mol. The van der Waals surface area contributed by atoms with E-state index in [-0.39, 0.29) is 18.6 Å². The molecule has 0 aromatic carbocycles. The monoisotopic (exact) mass is 284 g/mol. The molecule has 0 aliphatic rings. The standard InChI is InChI=1S/C12H24N6O2/c1-4-7-20-11-15-9(14-10(16-11)18-13)17-12(5-2,6-3)8-19/h19H,4-8,13H2,1-3H3,(H2,14,15,16,17,18). The van der Waals surface area contributed by atoms with Crippen LogP contribution in [-0.2, 0) is 0 Å². The molecule has 8 heteroatoms. The Bertz CT molecular complexity index is 403. The van der Waals surface area contributed by atoms with E-state index < -0.39 is 5.54 Å². The fourth-order valence-corrected chi connectivity index (χ4v) is 1.66. The number of nitrogens with one attached hydrogen (secondary N) is 2. The number of rotatable bonds is 9. The Hall–Kier alpha value is -1.67. The molecule has 0 saturated heterocycles. The Labute approximate surface area is 119 Å². The number of aromatic nitrogens is 3. The summed E-state index contributed by atoms with van der Waals surface area (Å²) in [6.07, 6.45) is 2.33. The van der Waals surface area contributed by atoms with Crippen molar-refractivity contribution in [2.75, 3.05) is 24.0 Å². The lowest BCUT2D eigenvalue weighted by Gasteiger charge is -2.30. The van der Waals surface area contributed by atoms with E-state index in [9.17, 15) is 5.11 Å². The molecule has 0 amide bonds. The first kappa shape index (κ1) is 16.4. The highest BCUT2D eigenvalue weighted by atomic mass is 16.5. The van der Waals surface area contributed by atoms with Crippen LogP contribution in [0.3, 0.4) is 0 Å². The van der Waals surface area contributed by atoms with Gasteiger partial charge in [-0.05, 0) is 19.3 Å². The van der Waals surface area contributed by atoms with Gasteiger partial charge >= 0.3 is 6.01 Å². The zero-order valence-electron chi connectivity index (χ0n) is 12.3. The highest BCUT2D eigenvalue weighted by Crippen LogP contribution is 2.21. The summed E-state index contributed by atoms with van der Waals surface area (Å²) in [6.45, 7) is 6.48. The molecule has 5 N–H and O–H groups in total. The van der Waals surface area contributed by atoms with Crippen molar-refractivity contribution in [1.29, 1.82) is 0 Å². The number of nitrogens with two attached hydrogens (primary N) is 1. The van der Waals surface area contributed by atoms with E-state index in [2.05, 4.69) is 25.7 Å². The van der Waals surface area contributed by atoms with Gasteiger partial charge in [0, 0.05) is 0 Å². The summed E-state index contributed by atoms with van der Waals surface area (Å²) in [5, 5.41) is 12.7. The minimum atomic E-state index is -0.463. The van der Waals surface area contributed by atoms with E-state index in [0.717, 1.165) is 19.3 Å². The highest BCUT2D eigenvalue weighted by Gasteiger charge is 2.26. The third-order valence-electron chi connectivity index (χ3n) is 3.21. The summed E-state index contributed by atoms with van der Waals surface area (Å²) < 4.78 is 5.39. The van der Waals surface area contributed by atoms with Gasteiger partial charge in [0.25, 0.3) is 0 Å². The van der Waals surface area contributed by atoms with Crippen LogP contribution < -0.4 is 21.3 Å². The topological polar surface area (TPSA) is 118 Å². The van der Waals surface area contributed by atoms with Gasteiger partial charge in [-0.1, -0.05) is 20.8 Å². The van der Waals surface area contributed by atoms with Crippen molar-refractivity contribution in [3.05, 3.63) is 0 Å². The molecule has 1 rings (SSSR count). The van der Waals surface area contributed by atoms with Gasteiger partial charge in [-0.3, -0.25) is 5.43 Å². The first-order valence-corrected chi connectivity index (χ1v) is 6.87. The van der Waals surface area contributed by atoms with E-state index in [4.69, 9.17) is 10.6 Å². The van der Waals surface area contributed by atoms with Gasteiger partial charge in [0.05, 0.1) is 18.8 Å². The van der Waals surface area contributed by atoms with Crippen LogP contribution in [0.5, 0.6) is 6.01 Å². The largest absolute Gasteiger partial charge is 0.463 e. The van der Waals surface area contributed by atoms with Crippen LogP contribution in [-0.4, -0.2) is 38.8 Å². The van der Waals surface area contributed by atoms with Crippen molar-refractivity contribution >= 4 is 11.9 Å². The van der Waals surface area contributed by atoms with Crippen LogP contribution >= 0.6 is 0 Å². The Balaban J connectivity index is 2.98. The molecule has 0 atom stereocenters. The number of ether oxygens (including phenoxy) is 1. The smallest absolute Gasteiger partial charge is 0.323 e. The molecule has 0 aliphatic carbocycles. The minimum absolute atomic E-state index is 0.0117. The number of nitrogens with zero attached hydrogens (tertiary/aromatic N) is 3. The van der Waals surface area contributed by atoms with Crippen molar-refractivity contribution in [3.63, 3.8) is 0 Å². The van der Waals surface area contributed by atoms with Crippen LogP contribution in [0.25, 0.3) is 0 Å². The Morgan fingerprint density at radius 1 is 1.15 bits per heavy atom. The molecule has 0 spiro atoms. The molecule has 1 heterocycles. The molecule has 8 nitrogen and oxygen atoms in total. The summed E-state index contributed by atoms with van der Waals surface area (Å²) in [7, 11) is 0. The van der Waals surface area contributed by atoms with Gasteiger partial charge in [0.15, 0.2) is 0 Å². The third-order valence-corrected chi connectivity index (χ3v) is 3.21. The lowest BCUT2D eigenvalue weighted by atomic mass is 9.94. The van der Waals surface area contributed by atoms with Gasteiger partial charge in [-0.2, -0.15) is 15.0 Å². The highest BCUT2D eigenvalue weighted by molar-refractivity contribution is 5.37. The number of aliphatic hydroxyl groups is 1. The summed E-state index contributed by atoms with van der Waals surface area (Å²) in [6, 6.07) is 0.205. The van der Waals surface area contributed by atoms with Crippen LogP contribution in [0.2, 0.25) is 0 Å². The zero-order valence-corrected chi connectivity index (χ0v) is 12.3. The molecule has 0 bridgehead atoms. The van der Waals surface area contributed by atoms with Crippen molar-refractivity contribution in [2.45, 2.75) is 45.6 Å². The second kappa shape index (κ2) is 7.81. The lowest BCUT2D eigenvalue weighted by molar-refractivity contribution is 0.201. The maximum absolute atomic E-state index is 9.57. The predicted octanol–water partition coefficient (Wildman–Crippen LogP) is 0.909. The van der Waals surface area contributed by atoms with Gasteiger partial charge in [-0.25, -0.2) is 5.84 Å². The van der Waals surface area contributed by atoms with Crippen LogP contribution in [0.15, 0.2) is 0 Å².